The SMILES string of the molecule is c1ccc(-c2cc(-c3ccc4c(c3)oc3ccccc34)cc(-c3cc(-c4ccccc4-c4ccccc4)nc(-c4ccccc4)n3)c2)cc1. The maximum Gasteiger partial charge on any atom is 0.160 e. The van der Waals surface area contributed by atoms with Gasteiger partial charge in [0.2, 0.25) is 0 Å². The van der Waals surface area contributed by atoms with Crippen LogP contribution in [0.25, 0.3) is 89.2 Å². The van der Waals surface area contributed by atoms with Gasteiger partial charge in [-0.2, -0.15) is 0 Å². The topological polar surface area (TPSA) is 38.9 Å². The van der Waals surface area contributed by atoms with Crippen LogP contribution in [0, 0.1) is 0 Å². The molecule has 0 aliphatic heterocycles. The summed E-state index contributed by atoms with van der Waals surface area (Å²) in [6.45, 7) is 0. The van der Waals surface area contributed by atoms with E-state index in [1.807, 2.05) is 36.4 Å². The number of furan rings is 1. The Kier molecular flexibility index (Phi) is 7.14. The van der Waals surface area contributed by atoms with Gasteiger partial charge in [0.1, 0.15) is 11.2 Å². The molecule has 3 heteroatoms. The van der Waals surface area contributed by atoms with Crippen molar-refractivity contribution in [2.24, 2.45) is 0 Å². The fraction of sp³-hybridized carbons (Fsp3) is 0. The van der Waals surface area contributed by atoms with Gasteiger partial charge >= 0.3 is 0 Å². The first kappa shape index (κ1) is 28.6. The molecule has 9 rings (SSSR count). The molecule has 0 bridgehead atoms. The monoisotopic (exact) mass is 626 g/mol. The maximum absolute atomic E-state index is 6.30. The standard InChI is InChI=1S/C46H30N2O/c1-4-14-31(15-5-1)35-26-36(34-24-25-41-40-22-12-13-23-44(40)49-45(41)29-34)28-37(27-35)42-30-43(48-46(47-42)33-18-8-3-9-19-33)39-21-11-10-20-38(39)32-16-6-2-7-17-32/h1-30H. The first-order chi connectivity index (χ1) is 24.3. The first-order valence-corrected chi connectivity index (χ1v) is 16.5. The highest BCUT2D eigenvalue weighted by atomic mass is 16.3. The van der Waals surface area contributed by atoms with Crippen molar-refractivity contribution in [1.82, 2.24) is 9.97 Å². The second kappa shape index (κ2) is 12.2. The fourth-order valence-electron chi connectivity index (χ4n) is 6.67. The number of rotatable bonds is 6. The number of aromatic nitrogens is 2. The summed E-state index contributed by atoms with van der Waals surface area (Å²) in [6, 6.07) is 63.3. The number of fused-ring (bicyclic) bond motifs is 3. The highest BCUT2D eigenvalue weighted by Crippen LogP contribution is 2.38. The smallest absolute Gasteiger partial charge is 0.160 e. The third-order valence-electron chi connectivity index (χ3n) is 9.09. The quantitative estimate of drug-likeness (QED) is 0.184. The van der Waals surface area contributed by atoms with Crippen LogP contribution in [0.4, 0.5) is 0 Å². The summed E-state index contributed by atoms with van der Waals surface area (Å²) in [6.07, 6.45) is 0. The largest absolute Gasteiger partial charge is 0.456 e. The van der Waals surface area contributed by atoms with E-state index in [1.165, 1.54) is 0 Å². The molecule has 2 heterocycles. The number of hydrogen-bond donors (Lipinski definition) is 0. The van der Waals surface area contributed by atoms with Gasteiger partial charge in [-0.05, 0) is 75.8 Å². The molecular weight excluding hydrogens is 597 g/mol. The number of benzene rings is 7. The van der Waals surface area contributed by atoms with Gasteiger partial charge in [-0.1, -0.05) is 140 Å². The average molecular weight is 627 g/mol. The van der Waals surface area contributed by atoms with Crippen molar-refractivity contribution < 1.29 is 4.42 Å². The third kappa shape index (κ3) is 5.48. The molecule has 9 aromatic rings. The Labute approximate surface area is 284 Å². The van der Waals surface area contributed by atoms with E-state index in [2.05, 4.69) is 146 Å². The van der Waals surface area contributed by atoms with Crippen molar-refractivity contribution in [3.05, 3.63) is 182 Å². The predicted octanol–water partition coefficient (Wildman–Crippen LogP) is 12.4. The Morgan fingerprint density at radius 2 is 0.857 bits per heavy atom. The normalized spacial score (nSPS) is 11.3. The predicted molar refractivity (Wildman–Crippen MR) is 202 cm³/mol. The highest BCUT2D eigenvalue weighted by Gasteiger charge is 2.16. The Morgan fingerprint density at radius 3 is 1.61 bits per heavy atom. The molecule has 2 aromatic heterocycles. The van der Waals surface area contributed by atoms with Crippen molar-refractivity contribution in [1.29, 1.82) is 0 Å². The lowest BCUT2D eigenvalue weighted by Crippen LogP contribution is -1.97. The van der Waals surface area contributed by atoms with E-state index in [0.29, 0.717) is 5.82 Å². The molecule has 0 aliphatic rings. The number of hydrogen-bond acceptors (Lipinski definition) is 3. The van der Waals surface area contributed by atoms with Crippen molar-refractivity contribution in [2.75, 3.05) is 0 Å². The van der Waals surface area contributed by atoms with Crippen molar-refractivity contribution in [3.8, 4) is 67.3 Å². The van der Waals surface area contributed by atoms with Crippen LogP contribution in [-0.4, -0.2) is 9.97 Å². The van der Waals surface area contributed by atoms with Gasteiger partial charge in [-0.3, -0.25) is 0 Å². The van der Waals surface area contributed by atoms with E-state index in [-0.39, 0.29) is 0 Å². The average Bonchev–Trinajstić information content (AvgIpc) is 3.56. The Hall–Kier alpha value is -6.58. The second-order valence-electron chi connectivity index (χ2n) is 12.2. The second-order valence-corrected chi connectivity index (χ2v) is 12.2. The molecule has 0 fully saturated rings. The molecule has 0 aliphatic carbocycles. The van der Waals surface area contributed by atoms with Gasteiger partial charge in [0.25, 0.3) is 0 Å². The molecule has 0 atom stereocenters. The van der Waals surface area contributed by atoms with Crippen LogP contribution in [0.5, 0.6) is 0 Å². The lowest BCUT2D eigenvalue weighted by molar-refractivity contribution is 0.669. The minimum atomic E-state index is 0.686. The maximum atomic E-state index is 6.30. The summed E-state index contributed by atoms with van der Waals surface area (Å²) in [5.41, 5.74) is 13.2. The van der Waals surface area contributed by atoms with E-state index in [0.717, 1.165) is 83.4 Å². The summed E-state index contributed by atoms with van der Waals surface area (Å²) < 4.78 is 6.30. The zero-order chi connectivity index (χ0) is 32.6. The van der Waals surface area contributed by atoms with Gasteiger partial charge < -0.3 is 4.42 Å². The zero-order valence-corrected chi connectivity index (χ0v) is 26.6. The third-order valence-corrected chi connectivity index (χ3v) is 9.09. The van der Waals surface area contributed by atoms with Gasteiger partial charge in [-0.25, -0.2) is 9.97 Å². The molecule has 0 saturated heterocycles. The van der Waals surface area contributed by atoms with Gasteiger partial charge in [0.05, 0.1) is 11.4 Å². The van der Waals surface area contributed by atoms with Crippen molar-refractivity contribution in [2.45, 2.75) is 0 Å². The van der Waals surface area contributed by atoms with E-state index in [4.69, 9.17) is 14.4 Å². The summed E-state index contributed by atoms with van der Waals surface area (Å²) in [4.78, 5) is 10.4. The number of nitrogens with zero attached hydrogens (tertiary/aromatic N) is 2. The molecular formula is C46H30N2O. The van der Waals surface area contributed by atoms with E-state index in [9.17, 15) is 0 Å². The Morgan fingerprint density at radius 1 is 0.306 bits per heavy atom. The minimum Gasteiger partial charge on any atom is -0.456 e. The lowest BCUT2D eigenvalue weighted by Gasteiger charge is -2.15. The van der Waals surface area contributed by atoms with Crippen LogP contribution in [-0.2, 0) is 0 Å². The van der Waals surface area contributed by atoms with Crippen molar-refractivity contribution >= 4 is 21.9 Å². The molecule has 0 N–H and O–H groups in total. The molecule has 0 spiro atoms. The highest BCUT2D eigenvalue weighted by molar-refractivity contribution is 6.06. The summed E-state index contributed by atoms with van der Waals surface area (Å²) >= 11 is 0. The van der Waals surface area contributed by atoms with Gasteiger partial charge in [0, 0.05) is 27.5 Å². The molecule has 0 unspecified atom stereocenters. The van der Waals surface area contributed by atoms with Gasteiger partial charge in [-0.15, -0.1) is 0 Å². The van der Waals surface area contributed by atoms with Crippen LogP contribution in [0.2, 0.25) is 0 Å². The van der Waals surface area contributed by atoms with E-state index < -0.39 is 0 Å². The number of para-hydroxylation sites is 1. The van der Waals surface area contributed by atoms with Crippen LogP contribution in [0.3, 0.4) is 0 Å². The van der Waals surface area contributed by atoms with Crippen LogP contribution in [0.1, 0.15) is 0 Å². The minimum absolute atomic E-state index is 0.686. The van der Waals surface area contributed by atoms with Gasteiger partial charge in [0.15, 0.2) is 5.82 Å². The zero-order valence-electron chi connectivity index (χ0n) is 26.6. The molecule has 0 saturated carbocycles. The Balaban J connectivity index is 1.26. The Bertz CT molecular complexity index is 2590. The lowest BCUT2D eigenvalue weighted by atomic mass is 9.93. The van der Waals surface area contributed by atoms with Crippen LogP contribution >= 0.6 is 0 Å². The first-order valence-electron chi connectivity index (χ1n) is 16.5. The molecule has 3 nitrogen and oxygen atoms in total. The van der Waals surface area contributed by atoms with E-state index in [1.54, 1.807) is 0 Å². The van der Waals surface area contributed by atoms with E-state index >= 15 is 0 Å². The van der Waals surface area contributed by atoms with Crippen LogP contribution in [0.15, 0.2) is 186 Å². The molecule has 0 amide bonds. The molecule has 7 aromatic carbocycles. The molecule has 230 valence electrons. The molecule has 0 radical (unpaired) electrons. The summed E-state index contributed by atoms with van der Waals surface area (Å²) in [7, 11) is 0. The fourth-order valence-corrected chi connectivity index (χ4v) is 6.67. The summed E-state index contributed by atoms with van der Waals surface area (Å²) in [5, 5.41) is 2.24. The van der Waals surface area contributed by atoms with Crippen molar-refractivity contribution in [3.63, 3.8) is 0 Å². The van der Waals surface area contributed by atoms with Crippen LogP contribution < -0.4 is 0 Å². The summed E-state index contributed by atoms with van der Waals surface area (Å²) in [5.74, 6) is 0.686. The molecule has 49 heavy (non-hydrogen) atoms.